The molecule has 0 bridgehead atoms. The van der Waals surface area contributed by atoms with Gasteiger partial charge in [-0.25, -0.2) is 9.97 Å². The molecule has 1 fully saturated rings. The Bertz CT molecular complexity index is 1380. The third-order valence-electron chi connectivity index (χ3n) is 6.46. The molecule has 8 nitrogen and oxygen atoms in total. The van der Waals surface area contributed by atoms with Crippen LogP contribution in [0.3, 0.4) is 0 Å². The number of primary amides is 1. The number of benzene rings is 2. The maximum Gasteiger partial charge on any atom is 0.430 e. The highest BCUT2D eigenvalue weighted by molar-refractivity contribution is 5.86. The predicted octanol–water partition coefficient (Wildman–Crippen LogP) is 2.58. The molecular formula is C26H25F3N6O2. The number of nitrogens with zero attached hydrogens (tertiary/aromatic N) is 4. The fraction of sp³-hybridized carbons (Fsp3) is 0.269. The smallest absolute Gasteiger partial charge is 0.381 e. The monoisotopic (exact) mass is 510 g/mol. The quantitative estimate of drug-likeness (QED) is 0.451. The van der Waals surface area contributed by atoms with Gasteiger partial charge in [0.2, 0.25) is 0 Å². The van der Waals surface area contributed by atoms with E-state index >= 15 is 0 Å². The summed E-state index contributed by atoms with van der Waals surface area (Å²) in [5, 5.41) is 10.2. The third kappa shape index (κ3) is 4.63. The van der Waals surface area contributed by atoms with Gasteiger partial charge in [0, 0.05) is 42.9 Å². The van der Waals surface area contributed by atoms with Crippen molar-refractivity contribution in [1.82, 2.24) is 9.97 Å². The van der Waals surface area contributed by atoms with E-state index in [-0.39, 0.29) is 17.1 Å². The number of halogens is 3. The average Bonchev–Trinajstić information content (AvgIpc) is 2.88. The van der Waals surface area contributed by atoms with Gasteiger partial charge in [0.05, 0.1) is 17.6 Å². The Labute approximate surface area is 211 Å². The first-order valence-electron chi connectivity index (χ1n) is 11.4. The van der Waals surface area contributed by atoms with Gasteiger partial charge in [-0.15, -0.1) is 6.42 Å². The van der Waals surface area contributed by atoms with Gasteiger partial charge in [-0.1, -0.05) is 30.2 Å². The minimum Gasteiger partial charge on any atom is -0.381 e. The van der Waals surface area contributed by atoms with Crippen molar-refractivity contribution >= 4 is 23.2 Å². The second kappa shape index (κ2) is 9.63. The van der Waals surface area contributed by atoms with Gasteiger partial charge in [-0.2, -0.15) is 13.2 Å². The summed E-state index contributed by atoms with van der Waals surface area (Å²) in [6.45, 7) is 4.03. The van der Waals surface area contributed by atoms with Crippen LogP contribution >= 0.6 is 0 Å². The second-order valence-corrected chi connectivity index (χ2v) is 8.70. The van der Waals surface area contributed by atoms with E-state index in [1.165, 1.54) is 12.3 Å². The lowest BCUT2D eigenvalue weighted by Gasteiger charge is -2.37. The Balaban J connectivity index is 1.65. The first kappa shape index (κ1) is 25.8. The van der Waals surface area contributed by atoms with Crippen molar-refractivity contribution in [2.24, 2.45) is 5.73 Å². The lowest BCUT2D eigenvalue weighted by Crippen LogP contribution is -2.52. The normalized spacial score (nSPS) is 15.7. The number of rotatable bonds is 5. The molecule has 5 N–H and O–H groups in total. The van der Waals surface area contributed by atoms with Crippen molar-refractivity contribution in [3.05, 3.63) is 65.4 Å². The van der Waals surface area contributed by atoms with E-state index in [2.05, 4.69) is 20.8 Å². The van der Waals surface area contributed by atoms with E-state index in [1.54, 1.807) is 6.92 Å². The Hall–Kier alpha value is -4.30. The number of carbonyl (C=O) groups excluding carboxylic acids is 1. The van der Waals surface area contributed by atoms with Crippen LogP contribution in [-0.4, -0.2) is 53.3 Å². The molecule has 1 aliphatic rings. The second-order valence-electron chi connectivity index (χ2n) is 8.70. The topological polar surface area (TPSA) is 122 Å². The number of hydrogen-bond acceptors (Lipinski definition) is 7. The molecule has 0 aliphatic carbocycles. The van der Waals surface area contributed by atoms with Crippen LogP contribution < -0.4 is 21.3 Å². The maximum atomic E-state index is 13.6. The fourth-order valence-corrected chi connectivity index (χ4v) is 4.35. The number of alkyl halides is 3. The standard InChI is InChI=1S/C26H25F3N6O2/c1-3-17-6-4-5-7-21(17)34-10-12-35(13-11-34)23-22(30)32-15-20(33-23)19-14-18(9-8-16(19)2)25(37,24(31)36)26(27,28)29/h1,4-9,14-15,37H,10-13H2,2H3,(H2,30,32)(H2,31,36). The van der Waals surface area contributed by atoms with Crippen molar-refractivity contribution in [2.75, 3.05) is 41.7 Å². The number of para-hydroxylation sites is 1. The van der Waals surface area contributed by atoms with Gasteiger partial charge in [0.1, 0.15) is 0 Å². The number of hydrogen-bond donors (Lipinski definition) is 3. The minimum atomic E-state index is -5.32. The molecule has 1 atom stereocenters. The molecule has 1 aromatic heterocycles. The van der Waals surface area contributed by atoms with E-state index in [9.17, 15) is 23.1 Å². The van der Waals surface area contributed by atoms with E-state index in [0.29, 0.717) is 37.6 Å². The zero-order chi connectivity index (χ0) is 27.0. The zero-order valence-corrected chi connectivity index (χ0v) is 20.0. The van der Waals surface area contributed by atoms with Gasteiger partial charge in [-0.3, -0.25) is 4.79 Å². The Morgan fingerprint density at radius 3 is 2.38 bits per heavy atom. The van der Waals surface area contributed by atoms with Gasteiger partial charge < -0.3 is 26.4 Å². The summed E-state index contributed by atoms with van der Waals surface area (Å²) in [6, 6.07) is 11.1. The molecule has 0 radical (unpaired) electrons. The molecular weight excluding hydrogens is 485 g/mol. The summed E-state index contributed by atoms with van der Waals surface area (Å²) in [7, 11) is 0. The first-order chi connectivity index (χ1) is 17.5. The number of nitrogen functional groups attached to an aromatic ring is 1. The number of aliphatic hydroxyl groups is 1. The van der Waals surface area contributed by atoms with Crippen molar-refractivity contribution in [2.45, 2.75) is 18.7 Å². The summed E-state index contributed by atoms with van der Waals surface area (Å²) in [4.78, 5) is 24.6. The number of amides is 1. The van der Waals surface area contributed by atoms with Crippen molar-refractivity contribution in [3.63, 3.8) is 0 Å². The number of carbonyl (C=O) groups is 1. The van der Waals surface area contributed by atoms with Crippen LogP contribution in [-0.2, 0) is 10.4 Å². The van der Waals surface area contributed by atoms with Crippen LogP contribution in [0.5, 0.6) is 0 Å². The summed E-state index contributed by atoms with van der Waals surface area (Å²) < 4.78 is 40.9. The van der Waals surface area contributed by atoms with Gasteiger partial charge in [0.15, 0.2) is 11.6 Å². The summed E-state index contributed by atoms with van der Waals surface area (Å²) >= 11 is 0. The van der Waals surface area contributed by atoms with Crippen LogP contribution in [0.1, 0.15) is 16.7 Å². The molecule has 37 heavy (non-hydrogen) atoms. The molecule has 0 spiro atoms. The molecule has 1 saturated heterocycles. The molecule has 2 aromatic carbocycles. The lowest BCUT2D eigenvalue weighted by molar-refractivity contribution is -0.255. The van der Waals surface area contributed by atoms with Crippen molar-refractivity contribution in [3.8, 4) is 23.6 Å². The lowest BCUT2D eigenvalue weighted by atomic mass is 9.89. The molecule has 4 rings (SSSR count). The van der Waals surface area contributed by atoms with Crippen molar-refractivity contribution in [1.29, 1.82) is 0 Å². The number of piperazine rings is 1. The molecule has 1 aliphatic heterocycles. The number of aromatic nitrogens is 2. The number of aryl methyl sites for hydroxylation is 1. The van der Waals surface area contributed by atoms with Gasteiger partial charge in [-0.05, 0) is 30.7 Å². The molecule has 1 amide bonds. The Morgan fingerprint density at radius 1 is 1.11 bits per heavy atom. The molecule has 192 valence electrons. The molecule has 11 heteroatoms. The SMILES string of the molecule is C#Cc1ccccc1N1CCN(c2nc(-c3cc(C(O)(C(N)=O)C(F)(F)F)ccc3C)cnc2N)CC1. The summed E-state index contributed by atoms with van der Waals surface area (Å²) in [5.41, 5.74) is 9.29. The largest absolute Gasteiger partial charge is 0.430 e. The summed E-state index contributed by atoms with van der Waals surface area (Å²) in [5.74, 6) is 1.31. The molecule has 3 aromatic rings. The number of nitrogens with two attached hydrogens (primary N) is 2. The highest BCUT2D eigenvalue weighted by Gasteiger charge is 2.60. The van der Waals surface area contributed by atoms with Crippen molar-refractivity contribution < 1.29 is 23.1 Å². The highest BCUT2D eigenvalue weighted by Crippen LogP contribution is 2.40. The van der Waals surface area contributed by atoms with E-state index in [1.807, 2.05) is 29.2 Å². The van der Waals surface area contributed by atoms with Gasteiger partial charge >= 0.3 is 6.18 Å². The van der Waals surface area contributed by atoms with Crippen LogP contribution in [0.15, 0.2) is 48.7 Å². The third-order valence-corrected chi connectivity index (χ3v) is 6.46. The first-order valence-corrected chi connectivity index (χ1v) is 11.4. The van der Waals surface area contributed by atoms with E-state index < -0.39 is 23.2 Å². The molecule has 0 saturated carbocycles. The highest BCUT2D eigenvalue weighted by atomic mass is 19.4. The maximum absolute atomic E-state index is 13.6. The average molecular weight is 511 g/mol. The van der Waals surface area contributed by atoms with Crippen LogP contribution in [0, 0.1) is 19.3 Å². The van der Waals surface area contributed by atoms with Crippen LogP contribution in [0.4, 0.5) is 30.5 Å². The fourth-order valence-electron chi connectivity index (χ4n) is 4.35. The predicted molar refractivity (Wildman–Crippen MR) is 135 cm³/mol. The Morgan fingerprint density at radius 2 is 1.76 bits per heavy atom. The minimum absolute atomic E-state index is 0.166. The number of terminal acetylenes is 1. The van der Waals surface area contributed by atoms with Crippen LogP contribution in [0.25, 0.3) is 11.3 Å². The zero-order valence-electron chi connectivity index (χ0n) is 20.0. The summed E-state index contributed by atoms with van der Waals surface area (Å²) in [6.07, 6.45) is 1.65. The van der Waals surface area contributed by atoms with E-state index in [4.69, 9.17) is 17.9 Å². The van der Waals surface area contributed by atoms with Gasteiger partial charge in [0.25, 0.3) is 11.5 Å². The number of anilines is 3. The Kier molecular flexibility index (Phi) is 6.71. The molecule has 1 unspecified atom stereocenters. The molecule has 2 heterocycles. The van der Waals surface area contributed by atoms with E-state index in [0.717, 1.165) is 23.4 Å². The van der Waals surface area contributed by atoms with Crippen LogP contribution in [0.2, 0.25) is 0 Å².